The fourth-order valence-corrected chi connectivity index (χ4v) is 5.59. The van der Waals surface area contributed by atoms with Crippen molar-refractivity contribution >= 4 is 22.4 Å². The molecule has 0 bridgehead atoms. The summed E-state index contributed by atoms with van der Waals surface area (Å²) in [5.41, 5.74) is 5.80. The molecule has 6 aromatic rings. The van der Waals surface area contributed by atoms with Gasteiger partial charge in [-0.2, -0.15) is 19.7 Å². The monoisotopic (exact) mass is 575 g/mol. The highest BCUT2D eigenvalue weighted by Gasteiger charge is 2.16. The van der Waals surface area contributed by atoms with E-state index < -0.39 is 5.56 Å². The average Bonchev–Trinajstić information content (AvgIpc) is 3.55. The highest BCUT2D eigenvalue weighted by Crippen LogP contribution is 2.29. The van der Waals surface area contributed by atoms with Gasteiger partial charge in [0.05, 0.1) is 16.8 Å². The summed E-state index contributed by atoms with van der Waals surface area (Å²) >= 11 is 1.14. The van der Waals surface area contributed by atoms with Crippen molar-refractivity contribution in [2.24, 2.45) is 0 Å². The molecule has 3 heterocycles. The van der Waals surface area contributed by atoms with Crippen LogP contribution in [0.15, 0.2) is 88.6 Å². The van der Waals surface area contributed by atoms with Gasteiger partial charge in [-0.1, -0.05) is 66.3 Å². The van der Waals surface area contributed by atoms with Gasteiger partial charge in [0.2, 0.25) is 4.96 Å². The van der Waals surface area contributed by atoms with Crippen LogP contribution in [0.2, 0.25) is 0 Å². The molecule has 0 atom stereocenters. The summed E-state index contributed by atoms with van der Waals surface area (Å²) in [5, 5.41) is 9.32. The summed E-state index contributed by atoms with van der Waals surface area (Å²) in [7, 11) is 0. The summed E-state index contributed by atoms with van der Waals surface area (Å²) < 4.78 is 9.31. The van der Waals surface area contributed by atoms with E-state index in [1.165, 1.54) is 4.52 Å². The molecule has 3 aromatic carbocycles. The zero-order chi connectivity index (χ0) is 29.2. The van der Waals surface area contributed by atoms with Crippen molar-refractivity contribution in [2.45, 2.75) is 33.6 Å². The Bertz CT molecular complexity index is 2060. The summed E-state index contributed by atoms with van der Waals surface area (Å²) in [6, 6.07) is 23.7. The number of hydrogen-bond donors (Lipinski definition) is 0. The molecule has 0 aliphatic rings. The van der Waals surface area contributed by atoms with Crippen LogP contribution in [0.5, 0.6) is 5.75 Å². The van der Waals surface area contributed by atoms with Gasteiger partial charge in [0.1, 0.15) is 17.1 Å². The van der Waals surface area contributed by atoms with Gasteiger partial charge >= 0.3 is 0 Å². The minimum absolute atomic E-state index is 0.233. The first-order valence-corrected chi connectivity index (χ1v) is 14.6. The summed E-state index contributed by atoms with van der Waals surface area (Å²) in [6.45, 7) is 6.74. The first-order chi connectivity index (χ1) is 20.4. The lowest BCUT2D eigenvalue weighted by Crippen LogP contribution is -2.28. The number of aryl methyl sites for hydroxylation is 2. The van der Waals surface area contributed by atoms with Crippen molar-refractivity contribution in [2.75, 3.05) is 6.61 Å². The highest BCUT2D eigenvalue weighted by atomic mass is 32.1. The number of thiazole rings is 1. The fourth-order valence-electron chi connectivity index (χ4n) is 4.69. The predicted octanol–water partition coefficient (Wildman–Crippen LogP) is 4.91. The van der Waals surface area contributed by atoms with Gasteiger partial charge < -0.3 is 4.74 Å². The van der Waals surface area contributed by atoms with Crippen LogP contribution >= 0.6 is 11.3 Å². The number of ether oxygens (including phenoxy) is 1. The molecular formula is C33H29N5O3S. The number of nitrogens with zero attached hydrogens (tertiary/aromatic N) is 5. The molecule has 0 aliphatic carbocycles. The third-order valence-corrected chi connectivity index (χ3v) is 7.86. The number of para-hydroxylation sites is 1. The minimum Gasteiger partial charge on any atom is -0.493 e. The van der Waals surface area contributed by atoms with E-state index in [2.05, 4.69) is 17.0 Å². The van der Waals surface area contributed by atoms with Crippen molar-refractivity contribution in [1.82, 2.24) is 24.4 Å². The molecule has 0 radical (unpaired) electrons. The maximum atomic E-state index is 13.5. The average molecular weight is 576 g/mol. The van der Waals surface area contributed by atoms with Crippen LogP contribution in [0, 0.1) is 13.8 Å². The molecule has 0 saturated carbocycles. The normalized spacial score (nSPS) is 11.8. The third kappa shape index (κ3) is 5.51. The number of fused-ring (bicyclic) bond motifs is 1. The van der Waals surface area contributed by atoms with Gasteiger partial charge in [0, 0.05) is 23.7 Å². The molecule has 0 amide bonds. The zero-order valence-electron chi connectivity index (χ0n) is 23.6. The Kier molecular flexibility index (Phi) is 7.50. The first-order valence-electron chi connectivity index (χ1n) is 13.8. The number of hydrogen-bond acceptors (Lipinski definition) is 7. The molecule has 0 aliphatic heterocycles. The minimum atomic E-state index is -0.429. The molecule has 42 heavy (non-hydrogen) atoms. The Labute approximate surface area is 246 Å². The highest BCUT2D eigenvalue weighted by molar-refractivity contribution is 7.15. The van der Waals surface area contributed by atoms with E-state index in [0.29, 0.717) is 17.6 Å². The van der Waals surface area contributed by atoms with Crippen molar-refractivity contribution < 1.29 is 4.74 Å². The van der Waals surface area contributed by atoms with Gasteiger partial charge in [-0.05, 0) is 67.8 Å². The van der Waals surface area contributed by atoms with Gasteiger partial charge in [-0.15, -0.1) is 0 Å². The molecule has 0 unspecified atom stereocenters. The van der Waals surface area contributed by atoms with Crippen LogP contribution in [0.4, 0.5) is 0 Å². The van der Waals surface area contributed by atoms with E-state index in [1.54, 1.807) is 10.8 Å². The lowest BCUT2D eigenvalue weighted by atomic mass is 10.0. The molecule has 0 fully saturated rings. The molecule has 8 nitrogen and oxygen atoms in total. The molecule has 210 valence electrons. The largest absolute Gasteiger partial charge is 0.493 e. The summed E-state index contributed by atoms with van der Waals surface area (Å²) in [6.07, 6.45) is 4.93. The van der Waals surface area contributed by atoms with Gasteiger partial charge in [-0.3, -0.25) is 9.59 Å². The topological polar surface area (TPSA) is 91.4 Å². The SMILES string of the molecule is CCCOc1ccc(-c2nn(-c3ccccc3)cc2/C=c2\sc3nc(=O)c(Cc4ccc(C)cc4)nn3c2=O)cc1C. The van der Waals surface area contributed by atoms with Crippen LogP contribution in [0.25, 0.3) is 28.0 Å². The number of benzene rings is 3. The van der Waals surface area contributed by atoms with Crippen molar-refractivity contribution in [3.8, 4) is 22.7 Å². The lowest BCUT2D eigenvalue weighted by molar-refractivity contribution is 0.315. The fraction of sp³-hybridized carbons (Fsp3) is 0.182. The molecule has 0 saturated heterocycles. The van der Waals surface area contributed by atoms with Crippen molar-refractivity contribution in [3.63, 3.8) is 0 Å². The maximum absolute atomic E-state index is 13.5. The van der Waals surface area contributed by atoms with Gasteiger partial charge in [0.25, 0.3) is 11.1 Å². The van der Waals surface area contributed by atoms with E-state index >= 15 is 0 Å². The van der Waals surface area contributed by atoms with E-state index in [1.807, 2.05) is 92.8 Å². The second-order valence-electron chi connectivity index (χ2n) is 10.2. The number of rotatable bonds is 8. The van der Waals surface area contributed by atoms with Crippen molar-refractivity contribution in [3.05, 3.63) is 132 Å². The summed E-state index contributed by atoms with van der Waals surface area (Å²) in [5.74, 6) is 0.836. The second kappa shape index (κ2) is 11.5. The molecular weight excluding hydrogens is 546 g/mol. The second-order valence-corrected chi connectivity index (χ2v) is 11.2. The van der Waals surface area contributed by atoms with Crippen LogP contribution < -0.4 is 20.4 Å². The molecule has 0 N–H and O–H groups in total. The van der Waals surface area contributed by atoms with Crippen LogP contribution in [0.3, 0.4) is 0 Å². The Morgan fingerprint density at radius 2 is 1.74 bits per heavy atom. The smallest absolute Gasteiger partial charge is 0.296 e. The molecule has 0 spiro atoms. The van der Waals surface area contributed by atoms with E-state index in [0.717, 1.165) is 62.7 Å². The molecule has 3 aromatic heterocycles. The Hall–Kier alpha value is -4.89. The van der Waals surface area contributed by atoms with E-state index in [9.17, 15) is 9.59 Å². The Morgan fingerprint density at radius 1 is 0.952 bits per heavy atom. The van der Waals surface area contributed by atoms with Gasteiger partial charge in [0.15, 0.2) is 0 Å². The van der Waals surface area contributed by atoms with E-state index in [4.69, 9.17) is 9.84 Å². The maximum Gasteiger partial charge on any atom is 0.296 e. The Morgan fingerprint density at radius 3 is 2.48 bits per heavy atom. The van der Waals surface area contributed by atoms with Crippen LogP contribution in [0.1, 0.15) is 41.3 Å². The Balaban J connectivity index is 1.45. The summed E-state index contributed by atoms with van der Waals surface area (Å²) in [4.78, 5) is 30.8. The standard InChI is InChI=1S/C33H29N5O3S/c1-4-16-41-28-15-14-24(17-22(28)3)30-25(20-37(36-30)26-8-6-5-7-9-26)19-29-32(40)38-33(42-29)34-31(39)27(35-38)18-23-12-10-21(2)11-13-23/h5-15,17,19-20H,4,16,18H2,1-3H3/b29-19-. The zero-order valence-corrected chi connectivity index (χ0v) is 24.4. The van der Waals surface area contributed by atoms with Crippen LogP contribution in [-0.2, 0) is 6.42 Å². The van der Waals surface area contributed by atoms with Gasteiger partial charge in [-0.25, -0.2) is 4.68 Å². The predicted molar refractivity (Wildman–Crippen MR) is 166 cm³/mol. The van der Waals surface area contributed by atoms with Crippen molar-refractivity contribution in [1.29, 1.82) is 0 Å². The van der Waals surface area contributed by atoms with E-state index in [-0.39, 0.29) is 16.2 Å². The molecule has 9 heteroatoms. The first kappa shape index (κ1) is 27.3. The van der Waals surface area contributed by atoms with Crippen LogP contribution in [-0.4, -0.2) is 31.0 Å². The molecule has 6 rings (SSSR count). The number of aromatic nitrogens is 5. The third-order valence-electron chi connectivity index (χ3n) is 6.90. The lowest BCUT2D eigenvalue weighted by Gasteiger charge is -2.09. The quantitative estimate of drug-likeness (QED) is 0.256.